The number of unbranched alkanes of at least 4 members (excludes halogenated alkanes) is 6. The van der Waals surface area contributed by atoms with Crippen LogP contribution in [0.3, 0.4) is 0 Å². The second-order valence-corrected chi connectivity index (χ2v) is 10.3. The number of nitrogens with two attached hydrogens (primary N) is 3. The molecule has 0 aromatic carbocycles. The molecule has 0 aromatic heterocycles. The smallest absolute Gasteiger partial charge is 0.225 e. The Labute approximate surface area is 190 Å². The van der Waals surface area contributed by atoms with Crippen molar-refractivity contribution < 1.29 is 9.59 Å². The molecule has 180 valence electrons. The van der Waals surface area contributed by atoms with Gasteiger partial charge in [0, 0.05) is 36.5 Å². The number of amides is 2. The van der Waals surface area contributed by atoms with Crippen LogP contribution in [0.1, 0.15) is 116 Å². The van der Waals surface area contributed by atoms with E-state index >= 15 is 0 Å². The lowest BCUT2D eigenvalue weighted by molar-refractivity contribution is -0.142. The zero-order chi connectivity index (χ0) is 22.6. The van der Waals surface area contributed by atoms with Gasteiger partial charge in [0.25, 0.3) is 0 Å². The first-order chi connectivity index (χ1) is 14.9. The molecular weight excluding hydrogens is 388 g/mol. The minimum absolute atomic E-state index is 0.0989. The highest BCUT2D eigenvalue weighted by atomic mass is 16.2. The molecule has 0 spiro atoms. The van der Waals surface area contributed by atoms with Gasteiger partial charge in [-0.15, -0.1) is 0 Å². The fraction of sp³-hybridized carbons (Fsp3) is 0.920. The zero-order valence-corrected chi connectivity index (χ0v) is 19.9. The van der Waals surface area contributed by atoms with Gasteiger partial charge in [-0.25, -0.2) is 0 Å². The Hall–Kier alpha value is -1.14. The molecule has 0 saturated heterocycles. The molecule has 0 aliphatic heterocycles. The van der Waals surface area contributed by atoms with E-state index in [0.29, 0.717) is 36.5 Å². The molecule has 2 fully saturated rings. The van der Waals surface area contributed by atoms with Crippen LogP contribution in [0, 0.1) is 5.92 Å². The standard InChI is InChI=1S/C25H48N4O2/c1-19(9-7-5-3-2-4-6-8-10-24(28)30)25(31)29(22-15-11-20(26)12-16-22)23-17-13-21(27)14-18-23/h19-23H,2-18,26-27H2,1H3,(H2,28,30). The molecule has 0 aromatic rings. The summed E-state index contributed by atoms with van der Waals surface area (Å²) in [5, 5.41) is 0. The van der Waals surface area contributed by atoms with E-state index in [0.717, 1.165) is 77.0 Å². The van der Waals surface area contributed by atoms with Crippen molar-refractivity contribution in [1.29, 1.82) is 0 Å². The Bertz CT molecular complexity index is 504. The number of nitrogens with zero attached hydrogens (tertiary/aromatic N) is 1. The molecule has 2 aliphatic rings. The SMILES string of the molecule is CC(CCCCCCCCCC(N)=O)C(=O)N(C1CCC(N)CC1)C1CCC(N)CC1. The lowest BCUT2D eigenvalue weighted by atomic mass is 9.84. The molecule has 0 heterocycles. The summed E-state index contributed by atoms with van der Waals surface area (Å²) >= 11 is 0. The van der Waals surface area contributed by atoms with Gasteiger partial charge in [-0.3, -0.25) is 9.59 Å². The summed E-state index contributed by atoms with van der Waals surface area (Å²) < 4.78 is 0. The summed E-state index contributed by atoms with van der Waals surface area (Å²) in [5.74, 6) is 0.272. The first kappa shape index (κ1) is 26.1. The lowest BCUT2D eigenvalue weighted by Crippen LogP contribution is -2.53. The number of rotatable bonds is 13. The van der Waals surface area contributed by atoms with Crippen molar-refractivity contribution in [3.8, 4) is 0 Å². The Morgan fingerprint density at radius 1 is 0.742 bits per heavy atom. The highest BCUT2D eigenvalue weighted by Gasteiger charge is 2.36. The highest BCUT2D eigenvalue weighted by Crippen LogP contribution is 2.31. The van der Waals surface area contributed by atoms with Gasteiger partial charge in [-0.05, 0) is 64.2 Å². The average molecular weight is 437 g/mol. The lowest BCUT2D eigenvalue weighted by Gasteiger charge is -2.44. The maximum atomic E-state index is 13.5. The molecule has 2 saturated carbocycles. The minimum atomic E-state index is -0.195. The minimum Gasteiger partial charge on any atom is -0.370 e. The molecular formula is C25H48N4O2. The topological polar surface area (TPSA) is 115 Å². The van der Waals surface area contributed by atoms with Crippen molar-refractivity contribution >= 4 is 11.8 Å². The monoisotopic (exact) mass is 436 g/mol. The second-order valence-electron chi connectivity index (χ2n) is 10.3. The van der Waals surface area contributed by atoms with Crippen LogP contribution in [0.15, 0.2) is 0 Å². The van der Waals surface area contributed by atoms with E-state index in [2.05, 4.69) is 11.8 Å². The van der Waals surface area contributed by atoms with Crippen LogP contribution in [0.5, 0.6) is 0 Å². The van der Waals surface area contributed by atoms with Crippen molar-refractivity contribution in [3.63, 3.8) is 0 Å². The van der Waals surface area contributed by atoms with Gasteiger partial charge in [0.1, 0.15) is 0 Å². The molecule has 2 rings (SSSR count). The Balaban J connectivity index is 1.74. The number of primary amides is 1. The van der Waals surface area contributed by atoms with Crippen LogP contribution in [-0.2, 0) is 9.59 Å². The van der Waals surface area contributed by atoms with E-state index in [1.807, 2.05) is 0 Å². The first-order valence-electron chi connectivity index (χ1n) is 13.0. The molecule has 0 bridgehead atoms. The summed E-state index contributed by atoms with van der Waals surface area (Å²) in [6.45, 7) is 2.13. The normalized spacial score (nSPS) is 27.6. The maximum Gasteiger partial charge on any atom is 0.225 e. The number of carbonyl (C=O) groups excluding carboxylic acids is 2. The molecule has 6 heteroatoms. The van der Waals surface area contributed by atoms with Gasteiger partial charge in [0.2, 0.25) is 11.8 Å². The van der Waals surface area contributed by atoms with E-state index in [-0.39, 0.29) is 11.8 Å². The average Bonchev–Trinajstić information content (AvgIpc) is 2.75. The molecule has 6 N–H and O–H groups in total. The van der Waals surface area contributed by atoms with Crippen LogP contribution in [0.4, 0.5) is 0 Å². The molecule has 2 amide bonds. The third-order valence-electron chi connectivity index (χ3n) is 7.51. The highest BCUT2D eigenvalue weighted by molar-refractivity contribution is 5.79. The summed E-state index contributed by atoms with van der Waals surface area (Å²) in [6.07, 6.45) is 17.7. The fourth-order valence-corrected chi connectivity index (χ4v) is 5.43. The summed E-state index contributed by atoms with van der Waals surface area (Å²) in [5.41, 5.74) is 17.4. The Morgan fingerprint density at radius 3 is 1.61 bits per heavy atom. The van der Waals surface area contributed by atoms with Crippen molar-refractivity contribution in [2.75, 3.05) is 0 Å². The van der Waals surface area contributed by atoms with E-state index in [9.17, 15) is 9.59 Å². The van der Waals surface area contributed by atoms with Gasteiger partial charge < -0.3 is 22.1 Å². The van der Waals surface area contributed by atoms with E-state index < -0.39 is 0 Å². The van der Waals surface area contributed by atoms with Crippen molar-refractivity contribution in [2.45, 2.75) is 140 Å². The number of hydrogen-bond acceptors (Lipinski definition) is 4. The number of carbonyl (C=O) groups is 2. The molecule has 1 unspecified atom stereocenters. The van der Waals surface area contributed by atoms with Gasteiger partial charge in [-0.2, -0.15) is 0 Å². The van der Waals surface area contributed by atoms with Crippen LogP contribution >= 0.6 is 0 Å². The fourth-order valence-electron chi connectivity index (χ4n) is 5.43. The Morgan fingerprint density at radius 2 is 1.16 bits per heavy atom. The first-order valence-corrected chi connectivity index (χ1v) is 13.0. The van der Waals surface area contributed by atoms with E-state index in [4.69, 9.17) is 17.2 Å². The maximum absolute atomic E-state index is 13.5. The Kier molecular flexibility index (Phi) is 11.9. The molecule has 31 heavy (non-hydrogen) atoms. The third-order valence-corrected chi connectivity index (χ3v) is 7.51. The van der Waals surface area contributed by atoms with Gasteiger partial charge in [0.15, 0.2) is 0 Å². The van der Waals surface area contributed by atoms with E-state index in [1.165, 1.54) is 25.7 Å². The second kappa shape index (κ2) is 14.1. The van der Waals surface area contributed by atoms with Gasteiger partial charge >= 0.3 is 0 Å². The summed E-state index contributed by atoms with van der Waals surface area (Å²) in [6, 6.07) is 1.35. The molecule has 6 nitrogen and oxygen atoms in total. The van der Waals surface area contributed by atoms with Crippen molar-refractivity contribution in [3.05, 3.63) is 0 Å². The van der Waals surface area contributed by atoms with Crippen LogP contribution in [0.25, 0.3) is 0 Å². The van der Waals surface area contributed by atoms with E-state index in [1.54, 1.807) is 0 Å². The predicted molar refractivity (Wildman–Crippen MR) is 127 cm³/mol. The molecule has 2 aliphatic carbocycles. The predicted octanol–water partition coefficient (Wildman–Crippen LogP) is 3.99. The summed E-state index contributed by atoms with van der Waals surface area (Å²) in [4.78, 5) is 26.6. The summed E-state index contributed by atoms with van der Waals surface area (Å²) in [7, 11) is 0. The zero-order valence-electron chi connectivity index (χ0n) is 19.9. The van der Waals surface area contributed by atoms with Crippen molar-refractivity contribution in [1.82, 2.24) is 4.90 Å². The van der Waals surface area contributed by atoms with Gasteiger partial charge in [0.05, 0.1) is 0 Å². The molecule has 0 radical (unpaired) electrons. The van der Waals surface area contributed by atoms with Crippen molar-refractivity contribution in [2.24, 2.45) is 23.1 Å². The number of hydrogen-bond donors (Lipinski definition) is 3. The van der Waals surface area contributed by atoms with Crippen LogP contribution in [0.2, 0.25) is 0 Å². The molecule has 1 atom stereocenters. The third kappa shape index (κ3) is 9.48. The van der Waals surface area contributed by atoms with Crippen LogP contribution in [-0.4, -0.2) is 40.9 Å². The van der Waals surface area contributed by atoms with Gasteiger partial charge in [-0.1, -0.05) is 45.4 Å². The largest absolute Gasteiger partial charge is 0.370 e. The quantitative estimate of drug-likeness (QED) is 0.379. The van der Waals surface area contributed by atoms with Crippen LogP contribution < -0.4 is 17.2 Å².